The van der Waals surface area contributed by atoms with Crippen molar-refractivity contribution in [1.29, 1.82) is 0 Å². The first-order valence-electron chi connectivity index (χ1n) is 13.1. The molecular weight excluding hydrogens is 446 g/mol. The Kier molecular flexibility index (Phi) is 6.61. The molecule has 5 rings (SSSR count). The van der Waals surface area contributed by atoms with Gasteiger partial charge in [-0.1, -0.05) is 51.3 Å². The summed E-state index contributed by atoms with van der Waals surface area (Å²) in [5.41, 5.74) is -0.375. The Bertz CT molecular complexity index is 963. The summed E-state index contributed by atoms with van der Waals surface area (Å²) in [6.45, 7) is 3.63. The molecule has 1 spiro atoms. The fraction of sp³-hybridized carbons (Fsp3) is 0.667. The first kappa shape index (κ1) is 24.3. The lowest BCUT2D eigenvalue weighted by Gasteiger charge is -2.39. The van der Waals surface area contributed by atoms with Crippen LogP contribution in [0.25, 0.3) is 0 Å². The normalized spacial score (nSPS) is 33.1. The number of aliphatic hydroxyl groups excluding tert-OH is 1. The molecule has 1 aromatic carbocycles. The van der Waals surface area contributed by atoms with E-state index in [1.54, 1.807) is 4.90 Å². The van der Waals surface area contributed by atoms with Crippen molar-refractivity contribution in [2.45, 2.75) is 88.6 Å². The maximum atomic E-state index is 14.0. The van der Waals surface area contributed by atoms with Gasteiger partial charge in [-0.15, -0.1) is 0 Å². The number of carbonyl (C=O) groups excluding carboxylic acids is 3. The lowest BCUT2D eigenvalue weighted by atomic mass is 9.70. The molecule has 8 nitrogen and oxygen atoms in total. The molecule has 8 heteroatoms. The van der Waals surface area contributed by atoms with Crippen LogP contribution in [0, 0.1) is 17.8 Å². The molecule has 3 amide bonds. The number of nitrogens with zero attached hydrogens (tertiary/aromatic N) is 1. The van der Waals surface area contributed by atoms with Gasteiger partial charge in [-0.25, -0.2) is 0 Å². The van der Waals surface area contributed by atoms with Gasteiger partial charge in [0.1, 0.15) is 11.6 Å². The van der Waals surface area contributed by atoms with Crippen LogP contribution in [0.4, 0.5) is 5.69 Å². The molecule has 35 heavy (non-hydrogen) atoms. The van der Waals surface area contributed by atoms with Gasteiger partial charge in [0.05, 0.1) is 30.6 Å². The van der Waals surface area contributed by atoms with Gasteiger partial charge in [0, 0.05) is 11.7 Å². The number of aliphatic hydroxyl groups is 1. The number of para-hydroxylation sites is 1. The van der Waals surface area contributed by atoms with Gasteiger partial charge in [0.25, 0.3) is 0 Å². The standard InChI is InChI=1S/C27H37N3O5/c1-16(2)19(15-31)30-23(25(33)29-18-11-7-4-8-12-18)27-14-13-20(35-27)21(22(27)26(30)34)24(32)28-17-9-5-3-6-10-17/h3,5-6,9-10,16,18-23,31H,4,7-8,11-15H2,1-2H3,(H,28,32)(H,29,33)/t19-,20+,21-,22-,23?,27?/m0/s1. The molecule has 3 saturated heterocycles. The zero-order chi connectivity index (χ0) is 24.7. The minimum absolute atomic E-state index is 0.0575. The van der Waals surface area contributed by atoms with E-state index in [1.165, 1.54) is 6.42 Å². The van der Waals surface area contributed by atoms with E-state index < -0.39 is 35.6 Å². The monoisotopic (exact) mass is 483 g/mol. The fourth-order valence-corrected chi connectivity index (χ4v) is 6.94. The number of hydrogen-bond acceptors (Lipinski definition) is 5. The molecule has 2 bridgehead atoms. The van der Waals surface area contributed by atoms with Crippen LogP contribution in [0.5, 0.6) is 0 Å². The molecule has 4 fully saturated rings. The van der Waals surface area contributed by atoms with E-state index in [0.29, 0.717) is 18.5 Å². The Morgan fingerprint density at radius 3 is 2.49 bits per heavy atom. The first-order chi connectivity index (χ1) is 16.9. The molecule has 1 aromatic rings. The molecule has 4 aliphatic rings. The van der Waals surface area contributed by atoms with Crippen LogP contribution < -0.4 is 10.6 Å². The van der Waals surface area contributed by atoms with Gasteiger partial charge < -0.3 is 25.4 Å². The molecule has 1 aliphatic carbocycles. The minimum Gasteiger partial charge on any atom is -0.394 e. The van der Waals surface area contributed by atoms with E-state index >= 15 is 0 Å². The highest BCUT2D eigenvalue weighted by Gasteiger charge is 2.75. The van der Waals surface area contributed by atoms with Crippen molar-refractivity contribution < 1.29 is 24.2 Å². The summed E-state index contributed by atoms with van der Waals surface area (Å²) >= 11 is 0. The highest BCUT2D eigenvalue weighted by molar-refractivity contribution is 6.02. The number of benzene rings is 1. The first-order valence-corrected chi connectivity index (χ1v) is 13.1. The summed E-state index contributed by atoms with van der Waals surface area (Å²) in [6.07, 6.45) is 5.99. The Labute approximate surface area is 206 Å². The van der Waals surface area contributed by atoms with Crippen LogP contribution >= 0.6 is 0 Å². The second kappa shape index (κ2) is 9.54. The van der Waals surface area contributed by atoms with Crippen molar-refractivity contribution in [2.24, 2.45) is 17.8 Å². The van der Waals surface area contributed by atoms with E-state index in [-0.39, 0.29) is 36.3 Å². The van der Waals surface area contributed by atoms with Crippen LogP contribution in [0.2, 0.25) is 0 Å². The topological polar surface area (TPSA) is 108 Å². The van der Waals surface area contributed by atoms with E-state index in [4.69, 9.17) is 4.74 Å². The van der Waals surface area contributed by atoms with Gasteiger partial charge >= 0.3 is 0 Å². The average molecular weight is 484 g/mol. The third-order valence-electron chi connectivity index (χ3n) is 8.60. The quantitative estimate of drug-likeness (QED) is 0.552. The predicted octanol–water partition coefficient (Wildman–Crippen LogP) is 2.47. The number of carbonyl (C=O) groups is 3. The number of anilines is 1. The molecule has 0 aromatic heterocycles. The minimum atomic E-state index is -1.04. The lowest BCUT2D eigenvalue weighted by Crippen LogP contribution is -2.60. The fourth-order valence-electron chi connectivity index (χ4n) is 6.94. The number of ether oxygens (including phenoxy) is 1. The second-order valence-electron chi connectivity index (χ2n) is 11.0. The molecule has 3 N–H and O–H groups in total. The highest BCUT2D eigenvalue weighted by Crippen LogP contribution is 2.59. The molecule has 1 saturated carbocycles. The molecule has 3 aliphatic heterocycles. The smallest absolute Gasteiger partial charge is 0.246 e. The maximum Gasteiger partial charge on any atom is 0.246 e. The van der Waals surface area contributed by atoms with Crippen LogP contribution in [-0.2, 0) is 19.1 Å². The number of hydrogen-bond donors (Lipinski definition) is 3. The summed E-state index contributed by atoms with van der Waals surface area (Å²) in [4.78, 5) is 42.9. The second-order valence-corrected chi connectivity index (χ2v) is 11.0. The number of likely N-dealkylation sites (tertiary alicyclic amines) is 1. The largest absolute Gasteiger partial charge is 0.394 e. The summed E-state index contributed by atoms with van der Waals surface area (Å²) in [5.74, 6) is -2.18. The zero-order valence-electron chi connectivity index (χ0n) is 20.6. The summed E-state index contributed by atoms with van der Waals surface area (Å²) in [6, 6.07) is 7.91. The Hall–Kier alpha value is -2.45. The predicted molar refractivity (Wildman–Crippen MR) is 130 cm³/mol. The van der Waals surface area contributed by atoms with Crippen molar-refractivity contribution in [2.75, 3.05) is 11.9 Å². The number of nitrogens with one attached hydrogen (secondary N) is 2. The summed E-state index contributed by atoms with van der Waals surface area (Å²) < 4.78 is 6.49. The Balaban J connectivity index is 1.48. The summed E-state index contributed by atoms with van der Waals surface area (Å²) in [7, 11) is 0. The van der Waals surface area contributed by atoms with Gasteiger partial charge in [-0.2, -0.15) is 0 Å². The van der Waals surface area contributed by atoms with Crippen LogP contribution in [0.15, 0.2) is 30.3 Å². The van der Waals surface area contributed by atoms with Gasteiger partial charge in [0.2, 0.25) is 17.7 Å². The number of amides is 3. The molecule has 6 atom stereocenters. The van der Waals surface area contributed by atoms with E-state index in [9.17, 15) is 19.5 Å². The van der Waals surface area contributed by atoms with E-state index in [2.05, 4.69) is 10.6 Å². The van der Waals surface area contributed by atoms with Crippen molar-refractivity contribution in [3.63, 3.8) is 0 Å². The third kappa shape index (κ3) is 4.04. The van der Waals surface area contributed by atoms with Crippen molar-refractivity contribution in [3.05, 3.63) is 30.3 Å². The Morgan fingerprint density at radius 1 is 1.11 bits per heavy atom. The maximum absolute atomic E-state index is 14.0. The molecular formula is C27H37N3O5. The molecule has 2 unspecified atom stereocenters. The van der Waals surface area contributed by atoms with Crippen LogP contribution in [0.3, 0.4) is 0 Å². The third-order valence-corrected chi connectivity index (χ3v) is 8.60. The van der Waals surface area contributed by atoms with Gasteiger partial charge in [0.15, 0.2) is 0 Å². The zero-order valence-corrected chi connectivity index (χ0v) is 20.6. The van der Waals surface area contributed by atoms with Crippen molar-refractivity contribution >= 4 is 23.4 Å². The van der Waals surface area contributed by atoms with Crippen molar-refractivity contribution in [3.8, 4) is 0 Å². The molecule has 190 valence electrons. The van der Waals surface area contributed by atoms with Crippen LogP contribution in [-0.4, -0.2) is 64.2 Å². The lowest BCUT2D eigenvalue weighted by molar-refractivity contribution is -0.146. The average Bonchev–Trinajstić information content (AvgIpc) is 3.48. The SMILES string of the molecule is CC(C)[C@H](CO)N1C(=O)[C@@H]2[C@@H](C(=O)Nc3ccccc3)[C@H]3CCC2(O3)C1C(=O)NC1CCCCC1. The Morgan fingerprint density at radius 2 is 1.83 bits per heavy atom. The van der Waals surface area contributed by atoms with Crippen LogP contribution in [0.1, 0.15) is 58.8 Å². The van der Waals surface area contributed by atoms with Gasteiger partial charge in [-0.05, 0) is 43.7 Å². The van der Waals surface area contributed by atoms with E-state index in [1.807, 2.05) is 44.2 Å². The summed E-state index contributed by atoms with van der Waals surface area (Å²) in [5, 5.41) is 16.4. The molecule has 0 radical (unpaired) electrons. The number of rotatable bonds is 7. The van der Waals surface area contributed by atoms with E-state index in [0.717, 1.165) is 25.7 Å². The van der Waals surface area contributed by atoms with Gasteiger partial charge in [-0.3, -0.25) is 14.4 Å². The molecule has 3 heterocycles. The number of fused-ring (bicyclic) bond motifs is 1. The highest BCUT2D eigenvalue weighted by atomic mass is 16.5. The van der Waals surface area contributed by atoms with Crippen molar-refractivity contribution in [1.82, 2.24) is 10.2 Å².